The lowest BCUT2D eigenvalue weighted by Gasteiger charge is -2.07. The Kier molecular flexibility index (Phi) is 3.51. The monoisotopic (exact) mass is 312 g/mol. The molecule has 110 valence electrons. The third-order valence-electron chi connectivity index (χ3n) is 3.57. The molecule has 2 aromatic heterocycles. The number of aromatic nitrogens is 2. The standard InChI is InChI=1S/C16H13N3O2S/c1-9-7-14(22-10(2)16(20)21)19-13-6-4-3-5-12(13)18-15(19)11(9)8-17/h3-7,10H,1-2H3,(H,20,21)/p+1/t10-/m1/s1. The van der Waals surface area contributed by atoms with Crippen LogP contribution in [0.3, 0.4) is 0 Å². The number of para-hydroxylation sites is 2. The van der Waals surface area contributed by atoms with Crippen LogP contribution >= 0.6 is 11.8 Å². The molecule has 2 N–H and O–H groups in total. The van der Waals surface area contributed by atoms with Gasteiger partial charge in [-0.3, -0.25) is 4.79 Å². The molecule has 0 aliphatic carbocycles. The maximum Gasteiger partial charge on any atom is 0.316 e. The number of nitriles is 1. The predicted molar refractivity (Wildman–Crippen MR) is 83.9 cm³/mol. The first-order valence-corrected chi connectivity index (χ1v) is 7.66. The molecular weight excluding hydrogens is 298 g/mol. The number of aromatic amines is 1. The Hall–Kier alpha value is -2.52. The van der Waals surface area contributed by atoms with E-state index in [9.17, 15) is 10.1 Å². The fourth-order valence-corrected chi connectivity index (χ4v) is 3.45. The summed E-state index contributed by atoms with van der Waals surface area (Å²) in [5.41, 5.74) is 3.94. The van der Waals surface area contributed by atoms with Gasteiger partial charge in [-0.25, -0.2) is 4.98 Å². The Morgan fingerprint density at radius 3 is 2.86 bits per heavy atom. The summed E-state index contributed by atoms with van der Waals surface area (Å²) in [6.07, 6.45) is 0. The smallest absolute Gasteiger partial charge is 0.316 e. The van der Waals surface area contributed by atoms with Crippen LogP contribution in [0.2, 0.25) is 0 Å². The van der Waals surface area contributed by atoms with E-state index in [1.807, 2.05) is 41.7 Å². The van der Waals surface area contributed by atoms with Gasteiger partial charge < -0.3 is 5.11 Å². The van der Waals surface area contributed by atoms with Crippen molar-refractivity contribution >= 4 is 34.4 Å². The van der Waals surface area contributed by atoms with Crippen LogP contribution < -0.4 is 4.40 Å². The van der Waals surface area contributed by atoms with E-state index in [0.29, 0.717) is 11.2 Å². The van der Waals surface area contributed by atoms with Crippen molar-refractivity contribution in [3.05, 3.63) is 41.5 Å². The number of thioether (sulfide) groups is 1. The average molecular weight is 312 g/mol. The Morgan fingerprint density at radius 2 is 2.18 bits per heavy atom. The minimum absolute atomic E-state index is 0.573. The highest BCUT2D eigenvalue weighted by molar-refractivity contribution is 8.00. The van der Waals surface area contributed by atoms with Gasteiger partial charge in [0, 0.05) is 0 Å². The molecule has 1 aromatic carbocycles. The van der Waals surface area contributed by atoms with Gasteiger partial charge in [-0.15, -0.1) is 0 Å². The molecule has 1 atom stereocenters. The van der Waals surface area contributed by atoms with Crippen molar-refractivity contribution in [2.24, 2.45) is 0 Å². The van der Waals surface area contributed by atoms with Gasteiger partial charge in [0.25, 0.3) is 0 Å². The molecule has 0 aliphatic rings. The number of rotatable bonds is 3. The molecule has 3 rings (SSSR count). The fourth-order valence-electron chi connectivity index (χ4n) is 2.45. The second-order valence-corrected chi connectivity index (χ2v) is 6.44. The Bertz CT molecular complexity index is 940. The van der Waals surface area contributed by atoms with Crippen LogP contribution in [0.5, 0.6) is 0 Å². The van der Waals surface area contributed by atoms with E-state index < -0.39 is 11.2 Å². The van der Waals surface area contributed by atoms with Crippen molar-refractivity contribution in [1.29, 1.82) is 5.26 Å². The second-order valence-electron chi connectivity index (χ2n) is 5.08. The summed E-state index contributed by atoms with van der Waals surface area (Å²) in [7, 11) is 0. The largest absolute Gasteiger partial charge is 0.480 e. The van der Waals surface area contributed by atoms with Gasteiger partial charge in [0.1, 0.15) is 16.9 Å². The van der Waals surface area contributed by atoms with Crippen LogP contribution in [0, 0.1) is 18.3 Å². The molecule has 5 nitrogen and oxygen atoms in total. The van der Waals surface area contributed by atoms with Gasteiger partial charge in [-0.05, 0) is 37.6 Å². The van der Waals surface area contributed by atoms with E-state index in [1.165, 1.54) is 11.8 Å². The first-order valence-electron chi connectivity index (χ1n) is 6.78. The first-order chi connectivity index (χ1) is 10.5. The fraction of sp³-hybridized carbons (Fsp3) is 0.188. The third-order valence-corrected chi connectivity index (χ3v) is 4.67. The number of carboxylic acid groups (broad SMARTS) is 1. The van der Waals surface area contributed by atoms with Gasteiger partial charge in [-0.1, -0.05) is 23.9 Å². The molecule has 0 saturated carbocycles. The Morgan fingerprint density at radius 1 is 1.45 bits per heavy atom. The van der Waals surface area contributed by atoms with E-state index in [-0.39, 0.29) is 0 Å². The highest BCUT2D eigenvalue weighted by Gasteiger charge is 2.24. The van der Waals surface area contributed by atoms with E-state index >= 15 is 0 Å². The summed E-state index contributed by atoms with van der Waals surface area (Å²) < 4.78 is 1.92. The number of fused-ring (bicyclic) bond motifs is 3. The van der Waals surface area contributed by atoms with E-state index in [1.54, 1.807) is 6.92 Å². The van der Waals surface area contributed by atoms with Crippen molar-refractivity contribution < 1.29 is 14.3 Å². The van der Waals surface area contributed by atoms with Crippen molar-refractivity contribution in [3.8, 4) is 6.07 Å². The van der Waals surface area contributed by atoms with Crippen LogP contribution in [0.1, 0.15) is 18.1 Å². The van der Waals surface area contributed by atoms with Crippen LogP contribution in [0.4, 0.5) is 0 Å². The number of nitrogens with one attached hydrogen (secondary N) is 1. The molecule has 0 unspecified atom stereocenters. The lowest BCUT2D eigenvalue weighted by molar-refractivity contribution is -0.526. The number of hydrogen-bond acceptors (Lipinski definition) is 3. The van der Waals surface area contributed by atoms with Crippen LogP contribution in [0.25, 0.3) is 16.7 Å². The summed E-state index contributed by atoms with van der Waals surface area (Å²) in [5.74, 6) is -0.861. The summed E-state index contributed by atoms with van der Waals surface area (Å²) in [6, 6.07) is 11.8. The van der Waals surface area contributed by atoms with Crippen molar-refractivity contribution in [2.75, 3.05) is 0 Å². The zero-order valence-corrected chi connectivity index (χ0v) is 12.9. The number of hydrogen-bond donors (Lipinski definition) is 2. The molecule has 0 fully saturated rings. The molecule has 3 aromatic rings. The highest BCUT2D eigenvalue weighted by atomic mass is 32.2. The summed E-state index contributed by atoms with van der Waals surface area (Å²) >= 11 is 1.27. The van der Waals surface area contributed by atoms with E-state index in [2.05, 4.69) is 11.1 Å². The van der Waals surface area contributed by atoms with Crippen LogP contribution in [-0.2, 0) is 4.79 Å². The van der Waals surface area contributed by atoms with Gasteiger partial charge >= 0.3 is 11.6 Å². The number of aliphatic carboxylic acids is 1. The molecule has 0 saturated heterocycles. The number of carbonyl (C=O) groups is 1. The molecule has 0 bridgehead atoms. The number of nitrogens with zero attached hydrogens (tertiary/aromatic N) is 2. The summed E-state index contributed by atoms with van der Waals surface area (Å²) in [6.45, 7) is 3.52. The molecule has 0 radical (unpaired) electrons. The lowest BCUT2D eigenvalue weighted by Crippen LogP contribution is -2.27. The van der Waals surface area contributed by atoms with Gasteiger partial charge in [-0.2, -0.15) is 9.66 Å². The van der Waals surface area contributed by atoms with Gasteiger partial charge in [0.2, 0.25) is 0 Å². The molecule has 2 heterocycles. The van der Waals surface area contributed by atoms with Gasteiger partial charge in [0.15, 0.2) is 16.1 Å². The molecular formula is C16H14N3O2S+. The molecule has 0 aliphatic heterocycles. The number of aryl methyl sites for hydroxylation is 1. The minimum atomic E-state index is -0.861. The third kappa shape index (κ3) is 2.20. The quantitative estimate of drug-likeness (QED) is 0.575. The predicted octanol–water partition coefficient (Wildman–Crippen LogP) is 2.65. The van der Waals surface area contributed by atoms with Crippen LogP contribution in [0.15, 0.2) is 35.4 Å². The van der Waals surface area contributed by atoms with E-state index in [0.717, 1.165) is 21.6 Å². The molecule has 0 amide bonds. The zero-order valence-electron chi connectivity index (χ0n) is 12.1. The second kappa shape index (κ2) is 5.35. The topological polar surface area (TPSA) is 81.0 Å². The molecule has 0 spiro atoms. The maximum absolute atomic E-state index is 11.2. The van der Waals surface area contributed by atoms with Crippen molar-refractivity contribution in [2.45, 2.75) is 24.1 Å². The number of H-pyrrole nitrogens is 1. The SMILES string of the molecule is Cc1cc(S[C@H](C)C(=O)O)[n+]2c([nH]c3ccccc32)c1C#N. The van der Waals surface area contributed by atoms with Crippen molar-refractivity contribution in [3.63, 3.8) is 0 Å². The maximum atomic E-state index is 11.2. The average Bonchev–Trinajstić information content (AvgIpc) is 2.86. The van der Waals surface area contributed by atoms with Gasteiger partial charge in [0.05, 0.1) is 0 Å². The van der Waals surface area contributed by atoms with E-state index in [4.69, 9.17) is 5.11 Å². The zero-order chi connectivity index (χ0) is 15.9. The molecule has 22 heavy (non-hydrogen) atoms. The lowest BCUT2D eigenvalue weighted by atomic mass is 10.2. The van der Waals surface area contributed by atoms with Crippen molar-refractivity contribution in [1.82, 2.24) is 4.98 Å². The number of carboxylic acids is 1. The minimum Gasteiger partial charge on any atom is -0.480 e. The number of benzene rings is 1. The first kappa shape index (κ1) is 14.4. The normalized spacial score (nSPS) is 12.4. The Labute approximate surface area is 131 Å². The Balaban J connectivity index is 2.37. The summed E-state index contributed by atoms with van der Waals surface area (Å²) in [4.78, 5) is 14.4. The number of imidazole rings is 1. The molecule has 6 heteroatoms. The summed E-state index contributed by atoms with van der Waals surface area (Å²) in [5, 5.41) is 18.8. The highest BCUT2D eigenvalue weighted by Crippen LogP contribution is 2.26. The number of pyridine rings is 1. The van der Waals surface area contributed by atoms with Crippen LogP contribution in [-0.4, -0.2) is 21.3 Å².